The second-order valence-corrected chi connectivity index (χ2v) is 3.76. The van der Waals surface area contributed by atoms with Crippen molar-refractivity contribution in [2.75, 3.05) is 6.54 Å². The summed E-state index contributed by atoms with van der Waals surface area (Å²) in [6.07, 6.45) is 2.97. The van der Waals surface area contributed by atoms with E-state index >= 15 is 0 Å². The molecule has 13 heavy (non-hydrogen) atoms. The van der Waals surface area contributed by atoms with Gasteiger partial charge in [0.25, 0.3) is 0 Å². The molecule has 0 fully saturated rings. The average Bonchev–Trinajstić information content (AvgIpc) is 2.10. The Morgan fingerprint density at radius 1 is 1.08 bits per heavy atom. The first-order valence-electron chi connectivity index (χ1n) is 4.38. The molecule has 72 valence electrons. The molecule has 0 aliphatic carbocycles. The van der Waals surface area contributed by atoms with Crippen molar-refractivity contribution in [3.05, 3.63) is 33.8 Å². The van der Waals surface area contributed by atoms with Gasteiger partial charge in [-0.3, -0.25) is 0 Å². The van der Waals surface area contributed by atoms with Crippen LogP contribution in [0.15, 0.2) is 18.2 Å². The van der Waals surface area contributed by atoms with E-state index in [2.05, 4.69) is 0 Å². The first-order valence-corrected chi connectivity index (χ1v) is 5.14. The van der Waals surface area contributed by atoms with Crippen LogP contribution in [0.4, 0.5) is 0 Å². The fraction of sp³-hybridized carbons (Fsp3) is 0.400. The molecular formula is C10H13Cl2N. The summed E-state index contributed by atoms with van der Waals surface area (Å²) in [5, 5.41) is 1.51. The van der Waals surface area contributed by atoms with Crippen LogP contribution in [0.2, 0.25) is 10.0 Å². The van der Waals surface area contributed by atoms with Gasteiger partial charge in [0.15, 0.2) is 0 Å². The first kappa shape index (κ1) is 10.8. The van der Waals surface area contributed by atoms with Gasteiger partial charge in [0, 0.05) is 10.0 Å². The van der Waals surface area contributed by atoms with Crippen molar-refractivity contribution >= 4 is 23.2 Å². The van der Waals surface area contributed by atoms with Crippen LogP contribution in [-0.4, -0.2) is 6.54 Å². The lowest BCUT2D eigenvalue weighted by atomic mass is 10.1. The summed E-state index contributed by atoms with van der Waals surface area (Å²) < 4.78 is 0. The minimum absolute atomic E-state index is 0.724. The lowest BCUT2D eigenvalue weighted by molar-refractivity contribution is 0.745. The third-order valence-electron chi connectivity index (χ3n) is 1.94. The fourth-order valence-electron chi connectivity index (χ4n) is 1.22. The molecular weight excluding hydrogens is 205 g/mol. The van der Waals surface area contributed by atoms with E-state index in [0.717, 1.165) is 41.4 Å². The number of benzene rings is 1. The molecule has 1 aromatic rings. The second kappa shape index (κ2) is 5.48. The maximum Gasteiger partial charge on any atom is 0.0452 e. The van der Waals surface area contributed by atoms with Gasteiger partial charge in [-0.2, -0.15) is 0 Å². The van der Waals surface area contributed by atoms with Crippen LogP contribution in [0.5, 0.6) is 0 Å². The minimum atomic E-state index is 0.724. The third kappa shape index (κ3) is 3.18. The Kier molecular flexibility index (Phi) is 4.57. The van der Waals surface area contributed by atoms with Crippen LogP contribution < -0.4 is 5.73 Å². The lowest BCUT2D eigenvalue weighted by Gasteiger charge is -2.05. The summed E-state index contributed by atoms with van der Waals surface area (Å²) in [6, 6.07) is 5.59. The van der Waals surface area contributed by atoms with Crippen molar-refractivity contribution < 1.29 is 0 Å². The molecule has 0 spiro atoms. The van der Waals surface area contributed by atoms with Gasteiger partial charge in [-0.15, -0.1) is 0 Å². The molecule has 0 saturated heterocycles. The number of hydrogen-bond donors (Lipinski definition) is 1. The Morgan fingerprint density at radius 2 is 1.69 bits per heavy atom. The SMILES string of the molecule is NCCCCc1c(Cl)cccc1Cl. The predicted molar refractivity (Wildman–Crippen MR) is 58.5 cm³/mol. The molecule has 1 rings (SSSR count). The number of halogens is 2. The number of nitrogens with two attached hydrogens (primary N) is 1. The molecule has 0 aliphatic rings. The Labute approximate surface area is 88.8 Å². The zero-order valence-corrected chi connectivity index (χ0v) is 8.91. The van der Waals surface area contributed by atoms with E-state index in [1.165, 1.54) is 0 Å². The zero-order valence-electron chi connectivity index (χ0n) is 7.39. The molecule has 3 heteroatoms. The van der Waals surface area contributed by atoms with Gasteiger partial charge >= 0.3 is 0 Å². The molecule has 1 nitrogen and oxygen atoms in total. The summed E-state index contributed by atoms with van der Waals surface area (Å²) in [5.74, 6) is 0. The van der Waals surface area contributed by atoms with E-state index in [1.807, 2.05) is 18.2 Å². The molecule has 0 bridgehead atoms. The Bertz CT molecular complexity index is 253. The van der Waals surface area contributed by atoms with Crippen LogP contribution in [0.1, 0.15) is 18.4 Å². The fourth-order valence-corrected chi connectivity index (χ4v) is 1.80. The highest BCUT2D eigenvalue weighted by Crippen LogP contribution is 2.25. The first-order chi connectivity index (χ1) is 6.25. The molecule has 2 N–H and O–H groups in total. The van der Waals surface area contributed by atoms with Crippen LogP contribution in [0.25, 0.3) is 0 Å². The van der Waals surface area contributed by atoms with E-state index < -0.39 is 0 Å². The summed E-state index contributed by atoms with van der Waals surface area (Å²) in [7, 11) is 0. The smallest absolute Gasteiger partial charge is 0.0452 e. The number of hydrogen-bond acceptors (Lipinski definition) is 1. The maximum atomic E-state index is 5.99. The van der Waals surface area contributed by atoms with Crippen molar-refractivity contribution in [3.63, 3.8) is 0 Å². The standard InChI is InChI=1S/C10H13Cl2N/c11-9-5-3-6-10(12)8(9)4-1-2-7-13/h3,5-6H,1-2,4,7,13H2. The van der Waals surface area contributed by atoms with Gasteiger partial charge in [-0.05, 0) is 43.5 Å². The summed E-state index contributed by atoms with van der Waals surface area (Å²) in [4.78, 5) is 0. The number of unbranched alkanes of at least 4 members (excludes halogenated alkanes) is 1. The van der Waals surface area contributed by atoms with Gasteiger partial charge in [-0.1, -0.05) is 29.3 Å². The Balaban J connectivity index is 2.64. The highest BCUT2D eigenvalue weighted by Gasteiger charge is 2.03. The largest absolute Gasteiger partial charge is 0.330 e. The molecule has 0 amide bonds. The van der Waals surface area contributed by atoms with Gasteiger partial charge in [0.05, 0.1) is 0 Å². The molecule has 0 radical (unpaired) electrons. The van der Waals surface area contributed by atoms with Crippen LogP contribution in [0, 0.1) is 0 Å². The van der Waals surface area contributed by atoms with Crippen LogP contribution in [-0.2, 0) is 6.42 Å². The normalized spacial score (nSPS) is 10.4. The van der Waals surface area contributed by atoms with E-state index in [0.29, 0.717) is 0 Å². The van der Waals surface area contributed by atoms with E-state index in [4.69, 9.17) is 28.9 Å². The summed E-state index contributed by atoms with van der Waals surface area (Å²) in [5.41, 5.74) is 6.44. The van der Waals surface area contributed by atoms with Crippen molar-refractivity contribution in [1.82, 2.24) is 0 Å². The molecule has 0 unspecified atom stereocenters. The monoisotopic (exact) mass is 217 g/mol. The van der Waals surface area contributed by atoms with Crippen molar-refractivity contribution in [2.24, 2.45) is 5.73 Å². The van der Waals surface area contributed by atoms with Gasteiger partial charge in [0.1, 0.15) is 0 Å². The zero-order chi connectivity index (χ0) is 9.68. The minimum Gasteiger partial charge on any atom is -0.330 e. The molecule has 0 saturated carbocycles. The molecule has 1 aromatic carbocycles. The second-order valence-electron chi connectivity index (χ2n) is 2.95. The van der Waals surface area contributed by atoms with E-state index in [-0.39, 0.29) is 0 Å². The lowest BCUT2D eigenvalue weighted by Crippen LogP contribution is -1.99. The third-order valence-corrected chi connectivity index (χ3v) is 2.65. The van der Waals surface area contributed by atoms with Crippen LogP contribution >= 0.6 is 23.2 Å². The van der Waals surface area contributed by atoms with Crippen LogP contribution in [0.3, 0.4) is 0 Å². The number of rotatable bonds is 4. The highest BCUT2D eigenvalue weighted by atomic mass is 35.5. The van der Waals surface area contributed by atoms with Gasteiger partial charge in [0.2, 0.25) is 0 Å². The van der Waals surface area contributed by atoms with Gasteiger partial charge < -0.3 is 5.73 Å². The maximum absolute atomic E-state index is 5.99. The highest BCUT2D eigenvalue weighted by molar-refractivity contribution is 6.35. The molecule has 0 atom stereocenters. The molecule has 0 heterocycles. The molecule has 0 aliphatic heterocycles. The van der Waals surface area contributed by atoms with Crippen molar-refractivity contribution in [2.45, 2.75) is 19.3 Å². The Hall–Kier alpha value is -0.240. The Morgan fingerprint density at radius 3 is 2.23 bits per heavy atom. The topological polar surface area (TPSA) is 26.0 Å². The van der Waals surface area contributed by atoms with Crippen molar-refractivity contribution in [3.8, 4) is 0 Å². The summed E-state index contributed by atoms with van der Waals surface area (Å²) in [6.45, 7) is 0.724. The quantitative estimate of drug-likeness (QED) is 0.771. The average molecular weight is 218 g/mol. The van der Waals surface area contributed by atoms with E-state index in [9.17, 15) is 0 Å². The van der Waals surface area contributed by atoms with Crippen molar-refractivity contribution in [1.29, 1.82) is 0 Å². The molecule has 0 aromatic heterocycles. The van der Waals surface area contributed by atoms with E-state index in [1.54, 1.807) is 0 Å². The summed E-state index contributed by atoms with van der Waals surface area (Å²) >= 11 is 12.0. The van der Waals surface area contributed by atoms with Gasteiger partial charge in [-0.25, -0.2) is 0 Å². The predicted octanol–water partition coefficient (Wildman–Crippen LogP) is 3.27.